The van der Waals surface area contributed by atoms with Crippen LogP contribution < -0.4 is 10.1 Å². The zero-order valence-electron chi connectivity index (χ0n) is 12.1. The van der Waals surface area contributed by atoms with Crippen LogP contribution in [0.25, 0.3) is 10.9 Å². The Bertz CT molecular complexity index is 639. The molecule has 0 radical (unpaired) electrons. The first-order chi connectivity index (χ1) is 9.81. The van der Waals surface area contributed by atoms with Crippen molar-refractivity contribution >= 4 is 16.6 Å². The summed E-state index contributed by atoms with van der Waals surface area (Å²) in [7, 11) is 0. The van der Waals surface area contributed by atoms with Crippen molar-refractivity contribution in [2.75, 3.05) is 11.9 Å². The van der Waals surface area contributed by atoms with Crippen LogP contribution in [0.1, 0.15) is 26.5 Å². The van der Waals surface area contributed by atoms with E-state index in [0.717, 1.165) is 6.07 Å². The normalized spacial score (nSPS) is 12.0. The molecule has 0 fully saturated rings. The predicted molar refractivity (Wildman–Crippen MR) is 76.7 cm³/mol. The van der Waals surface area contributed by atoms with Gasteiger partial charge in [0.1, 0.15) is 11.4 Å². The molecular formula is C15H17F3N2O. The van der Waals surface area contributed by atoms with Gasteiger partial charge in [0.2, 0.25) is 0 Å². The Morgan fingerprint density at radius 3 is 2.52 bits per heavy atom. The summed E-state index contributed by atoms with van der Waals surface area (Å²) >= 11 is 0. The first-order valence-corrected chi connectivity index (χ1v) is 6.73. The highest BCUT2D eigenvalue weighted by Crippen LogP contribution is 2.34. The second-order valence-electron chi connectivity index (χ2n) is 4.93. The number of anilines is 1. The van der Waals surface area contributed by atoms with E-state index in [2.05, 4.69) is 10.3 Å². The maximum absolute atomic E-state index is 12.9. The van der Waals surface area contributed by atoms with Gasteiger partial charge in [-0.1, -0.05) is 0 Å². The first kappa shape index (κ1) is 15.4. The van der Waals surface area contributed by atoms with Crippen LogP contribution in [0.15, 0.2) is 24.3 Å². The molecule has 0 unspecified atom stereocenters. The van der Waals surface area contributed by atoms with Crippen LogP contribution in [0.5, 0.6) is 5.75 Å². The predicted octanol–water partition coefficient (Wildman–Crippen LogP) is 4.47. The number of hydrogen-bond acceptors (Lipinski definition) is 3. The molecular weight excluding hydrogens is 281 g/mol. The van der Waals surface area contributed by atoms with Crippen LogP contribution in [0.4, 0.5) is 18.9 Å². The number of aromatic nitrogens is 1. The third kappa shape index (κ3) is 3.56. The summed E-state index contributed by atoms with van der Waals surface area (Å²) in [4.78, 5) is 3.69. The number of rotatable bonds is 4. The van der Waals surface area contributed by atoms with E-state index < -0.39 is 11.9 Å². The molecule has 3 nitrogen and oxygen atoms in total. The van der Waals surface area contributed by atoms with E-state index in [0.29, 0.717) is 23.4 Å². The number of ether oxygens (including phenoxy) is 1. The molecule has 0 aliphatic rings. The van der Waals surface area contributed by atoms with Crippen molar-refractivity contribution in [1.29, 1.82) is 0 Å². The van der Waals surface area contributed by atoms with E-state index in [1.807, 2.05) is 20.8 Å². The van der Waals surface area contributed by atoms with Crippen molar-refractivity contribution in [3.05, 3.63) is 30.0 Å². The highest BCUT2D eigenvalue weighted by molar-refractivity contribution is 5.92. The van der Waals surface area contributed by atoms with Crippen LogP contribution in [0, 0.1) is 0 Å². The van der Waals surface area contributed by atoms with Gasteiger partial charge in [-0.2, -0.15) is 13.2 Å². The second-order valence-corrected chi connectivity index (χ2v) is 4.93. The Labute approximate surface area is 121 Å². The van der Waals surface area contributed by atoms with Crippen LogP contribution in [0.2, 0.25) is 0 Å². The molecule has 1 aromatic heterocycles. The number of hydrogen-bond donors (Lipinski definition) is 1. The van der Waals surface area contributed by atoms with Gasteiger partial charge in [-0.3, -0.25) is 0 Å². The van der Waals surface area contributed by atoms with E-state index in [-0.39, 0.29) is 11.6 Å². The van der Waals surface area contributed by atoms with E-state index in [1.54, 1.807) is 18.2 Å². The molecule has 1 aromatic carbocycles. The van der Waals surface area contributed by atoms with Crippen LogP contribution in [0.3, 0.4) is 0 Å². The second kappa shape index (κ2) is 5.79. The minimum atomic E-state index is -4.47. The lowest BCUT2D eigenvalue weighted by Gasteiger charge is -2.15. The molecule has 0 aliphatic heterocycles. The highest BCUT2D eigenvalue weighted by atomic mass is 19.4. The molecule has 0 aliphatic carbocycles. The molecule has 2 rings (SSSR count). The molecule has 0 bridgehead atoms. The van der Waals surface area contributed by atoms with Crippen molar-refractivity contribution in [1.82, 2.24) is 4.98 Å². The third-order valence-electron chi connectivity index (χ3n) is 2.81. The van der Waals surface area contributed by atoms with Gasteiger partial charge in [0, 0.05) is 17.6 Å². The molecule has 6 heteroatoms. The van der Waals surface area contributed by atoms with Crippen molar-refractivity contribution in [3.63, 3.8) is 0 Å². The molecule has 0 saturated carbocycles. The van der Waals surface area contributed by atoms with Gasteiger partial charge in [0.25, 0.3) is 0 Å². The van der Waals surface area contributed by atoms with Gasteiger partial charge in [-0.05, 0) is 45.0 Å². The highest BCUT2D eigenvalue weighted by Gasteiger charge is 2.33. The number of fused-ring (bicyclic) bond motifs is 1. The zero-order valence-corrected chi connectivity index (χ0v) is 12.1. The molecule has 1 heterocycles. The van der Waals surface area contributed by atoms with Crippen LogP contribution in [-0.4, -0.2) is 17.6 Å². The number of halogens is 3. The fourth-order valence-electron chi connectivity index (χ4n) is 2.03. The Morgan fingerprint density at radius 2 is 1.95 bits per heavy atom. The molecule has 0 spiro atoms. The quantitative estimate of drug-likeness (QED) is 0.904. The Kier molecular flexibility index (Phi) is 4.25. The summed E-state index contributed by atoms with van der Waals surface area (Å²) in [5, 5.41) is 3.56. The molecule has 2 aromatic rings. The van der Waals surface area contributed by atoms with Gasteiger partial charge in [-0.25, -0.2) is 4.98 Å². The molecule has 0 atom stereocenters. The molecule has 0 saturated heterocycles. The van der Waals surface area contributed by atoms with E-state index >= 15 is 0 Å². The summed E-state index contributed by atoms with van der Waals surface area (Å²) in [5.41, 5.74) is -0.204. The van der Waals surface area contributed by atoms with Gasteiger partial charge in [0.15, 0.2) is 0 Å². The number of pyridine rings is 1. The first-order valence-electron chi connectivity index (χ1n) is 6.73. The fraction of sp³-hybridized carbons (Fsp3) is 0.400. The topological polar surface area (TPSA) is 34.2 Å². The number of nitrogens with one attached hydrogen (secondary N) is 1. The standard InChI is InChI=1S/C15H17F3N2O/c1-4-19-13-8-14(15(16,17)18)20-12-6-5-10(7-11(12)13)21-9(2)3/h5-9H,4H2,1-3H3,(H,19,20). The van der Waals surface area contributed by atoms with Crippen molar-refractivity contribution < 1.29 is 17.9 Å². The zero-order chi connectivity index (χ0) is 15.6. The largest absolute Gasteiger partial charge is 0.491 e. The average molecular weight is 298 g/mol. The monoisotopic (exact) mass is 298 g/mol. The summed E-state index contributed by atoms with van der Waals surface area (Å²) in [6.45, 7) is 6.13. The maximum Gasteiger partial charge on any atom is 0.433 e. The molecule has 114 valence electrons. The van der Waals surface area contributed by atoms with Gasteiger partial charge in [-0.15, -0.1) is 0 Å². The van der Waals surface area contributed by atoms with E-state index in [9.17, 15) is 13.2 Å². The summed E-state index contributed by atoms with van der Waals surface area (Å²) < 4.78 is 44.2. The Balaban J connectivity index is 2.58. The van der Waals surface area contributed by atoms with Gasteiger partial charge in [0.05, 0.1) is 11.6 Å². The van der Waals surface area contributed by atoms with Crippen molar-refractivity contribution in [2.24, 2.45) is 0 Å². The lowest BCUT2D eigenvalue weighted by molar-refractivity contribution is -0.140. The Hall–Kier alpha value is -1.98. The van der Waals surface area contributed by atoms with Crippen LogP contribution >= 0.6 is 0 Å². The number of nitrogens with zero attached hydrogens (tertiary/aromatic N) is 1. The minimum Gasteiger partial charge on any atom is -0.491 e. The van der Waals surface area contributed by atoms with Crippen molar-refractivity contribution in [3.8, 4) is 5.75 Å². The number of alkyl halides is 3. The average Bonchev–Trinajstić information content (AvgIpc) is 2.37. The maximum atomic E-state index is 12.9. The van der Waals surface area contributed by atoms with E-state index in [4.69, 9.17) is 4.74 Å². The van der Waals surface area contributed by atoms with Crippen molar-refractivity contribution in [2.45, 2.75) is 33.1 Å². The summed E-state index contributed by atoms with van der Waals surface area (Å²) in [6, 6.07) is 5.92. The van der Waals surface area contributed by atoms with Gasteiger partial charge >= 0.3 is 6.18 Å². The summed E-state index contributed by atoms with van der Waals surface area (Å²) in [6.07, 6.45) is -4.47. The van der Waals surface area contributed by atoms with Crippen LogP contribution in [-0.2, 0) is 6.18 Å². The van der Waals surface area contributed by atoms with E-state index in [1.165, 1.54) is 0 Å². The smallest absolute Gasteiger partial charge is 0.433 e. The summed E-state index contributed by atoms with van der Waals surface area (Å²) in [5.74, 6) is 0.609. The third-order valence-corrected chi connectivity index (χ3v) is 2.81. The fourth-order valence-corrected chi connectivity index (χ4v) is 2.03. The molecule has 21 heavy (non-hydrogen) atoms. The molecule has 0 amide bonds. The number of benzene rings is 1. The van der Waals surface area contributed by atoms with Gasteiger partial charge < -0.3 is 10.1 Å². The lowest BCUT2D eigenvalue weighted by Crippen LogP contribution is -2.10. The molecule has 1 N–H and O–H groups in total. The minimum absolute atomic E-state index is 0.00700. The SMILES string of the molecule is CCNc1cc(C(F)(F)F)nc2ccc(OC(C)C)cc12. The lowest BCUT2D eigenvalue weighted by atomic mass is 10.1. The Morgan fingerprint density at radius 1 is 1.24 bits per heavy atom.